The number of carbonyl (C=O) groups excluding carboxylic acids is 2. The molecular weight excluding hydrogens is 532 g/mol. The molecule has 0 fully saturated rings. The molecule has 0 aliphatic carbocycles. The van der Waals surface area contributed by atoms with Gasteiger partial charge in [-0.05, 0) is 31.9 Å². The lowest BCUT2D eigenvalue weighted by Gasteiger charge is -2.15. The molecule has 2 aliphatic heterocycles. The van der Waals surface area contributed by atoms with Gasteiger partial charge >= 0.3 is 0 Å². The molecule has 2 bridgehead atoms. The molecular formula is C26H40N2O10S. The molecule has 12 nitrogen and oxygen atoms in total. The Labute approximate surface area is 233 Å². The number of hydrogen-bond donors (Lipinski definition) is 1. The van der Waals surface area contributed by atoms with E-state index >= 15 is 0 Å². The van der Waals surface area contributed by atoms with Gasteiger partial charge < -0.3 is 34.2 Å². The number of nitrogens with zero attached hydrogens (tertiary/aromatic N) is 1. The fourth-order valence-corrected chi connectivity index (χ4v) is 4.34. The number of benzene rings is 1. The van der Waals surface area contributed by atoms with Gasteiger partial charge in [0.1, 0.15) is 12.4 Å². The van der Waals surface area contributed by atoms with Crippen molar-refractivity contribution in [3.05, 3.63) is 27.8 Å². The summed E-state index contributed by atoms with van der Waals surface area (Å²) in [5.41, 5.74) is 5.64. The van der Waals surface area contributed by atoms with Gasteiger partial charge in [0.2, 0.25) is 0 Å². The Morgan fingerprint density at radius 3 is 2.21 bits per heavy atom. The van der Waals surface area contributed by atoms with Gasteiger partial charge in [-0.15, -0.1) is 0 Å². The zero-order chi connectivity index (χ0) is 28.1. The number of fused-ring (bicyclic) bond motifs is 20. The van der Waals surface area contributed by atoms with E-state index in [1.165, 1.54) is 12.1 Å². The molecule has 2 aliphatic rings. The lowest BCUT2D eigenvalue weighted by Crippen LogP contribution is -2.14. The van der Waals surface area contributed by atoms with Crippen molar-refractivity contribution in [2.75, 3.05) is 72.6 Å². The fraction of sp³-hybridized carbons (Fsp3) is 0.692. The highest BCUT2D eigenvalue weighted by atomic mass is 32.2. The first-order valence-corrected chi connectivity index (χ1v) is 14.2. The highest BCUT2D eigenvalue weighted by molar-refractivity contribution is 8.12. The number of carbonyl (C=O) groups is 2. The van der Waals surface area contributed by atoms with Crippen LogP contribution in [0.25, 0.3) is 0 Å². The second-order valence-corrected chi connectivity index (χ2v) is 9.66. The predicted octanol–water partition coefficient (Wildman–Crippen LogP) is 3.06. The van der Waals surface area contributed by atoms with Crippen LogP contribution in [-0.4, -0.2) is 88.4 Å². The maximum atomic E-state index is 12.4. The fourth-order valence-electron chi connectivity index (χ4n) is 3.50. The average molecular weight is 573 g/mol. The number of rotatable bonds is 9. The van der Waals surface area contributed by atoms with Crippen LogP contribution in [0.3, 0.4) is 0 Å². The van der Waals surface area contributed by atoms with E-state index in [0.29, 0.717) is 96.2 Å². The first-order valence-electron chi connectivity index (χ1n) is 13.3. The number of nitro benzene ring substituents is 1. The Bertz CT molecular complexity index is 887. The van der Waals surface area contributed by atoms with E-state index in [1.807, 2.05) is 0 Å². The Balaban J connectivity index is 2.08. The summed E-state index contributed by atoms with van der Waals surface area (Å²) in [6, 6.07) is 2.85. The van der Waals surface area contributed by atoms with Gasteiger partial charge in [0.05, 0.1) is 63.8 Å². The molecule has 0 unspecified atom stereocenters. The second kappa shape index (κ2) is 20.6. The molecule has 0 saturated heterocycles. The summed E-state index contributed by atoms with van der Waals surface area (Å²) in [6.07, 6.45) is 2.75. The number of hydrogen-bond acceptors (Lipinski definition) is 12. The molecule has 39 heavy (non-hydrogen) atoms. The highest BCUT2D eigenvalue weighted by Crippen LogP contribution is 2.37. The largest absolute Gasteiger partial charge is 0.490 e. The molecule has 0 amide bonds. The Kier molecular flexibility index (Phi) is 17.4. The van der Waals surface area contributed by atoms with Crippen molar-refractivity contribution in [2.45, 2.75) is 44.3 Å². The van der Waals surface area contributed by atoms with E-state index in [1.54, 1.807) is 0 Å². The summed E-state index contributed by atoms with van der Waals surface area (Å²) in [4.78, 5) is 35.6. The molecule has 13 heteroatoms. The van der Waals surface area contributed by atoms with Crippen molar-refractivity contribution in [1.29, 1.82) is 0 Å². The van der Waals surface area contributed by atoms with Crippen LogP contribution in [0.2, 0.25) is 0 Å². The van der Waals surface area contributed by atoms with Crippen LogP contribution >= 0.6 is 11.8 Å². The third-order valence-corrected chi connectivity index (χ3v) is 6.50. The van der Waals surface area contributed by atoms with Crippen LogP contribution in [0.1, 0.15) is 44.1 Å². The average Bonchev–Trinajstić information content (AvgIpc) is 2.92. The van der Waals surface area contributed by atoms with Crippen LogP contribution in [-0.2, 0) is 34.3 Å². The maximum Gasteiger partial charge on any atom is 0.277 e. The predicted molar refractivity (Wildman–Crippen MR) is 145 cm³/mol. The molecule has 220 valence electrons. The third kappa shape index (κ3) is 14.6. The minimum atomic E-state index is -0.502. The Hall–Kier alpha value is -2.29. The normalized spacial score (nSPS) is 17.3. The topological polar surface area (TPSA) is 159 Å². The number of thioether (sulfide) groups is 1. The molecule has 1 aromatic rings. The van der Waals surface area contributed by atoms with Crippen molar-refractivity contribution >= 4 is 28.3 Å². The molecule has 2 heterocycles. The lowest BCUT2D eigenvalue weighted by atomic mass is 10.1. The van der Waals surface area contributed by atoms with Crippen LogP contribution in [0.4, 0.5) is 5.69 Å². The van der Waals surface area contributed by atoms with Crippen LogP contribution in [0.5, 0.6) is 11.5 Å². The van der Waals surface area contributed by atoms with Crippen molar-refractivity contribution in [3.8, 4) is 11.5 Å². The molecule has 0 spiro atoms. The van der Waals surface area contributed by atoms with Gasteiger partial charge in [0, 0.05) is 37.2 Å². The molecule has 0 aromatic heterocycles. The Morgan fingerprint density at radius 2 is 1.56 bits per heavy atom. The zero-order valence-corrected chi connectivity index (χ0v) is 23.2. The van der Waals surface area contributed by atoms with Gasteiger partial charge in [-0.3, -0.25) is 19.7 Å². The Morgan fingerprint density at radius 1 is 0.949 bits per heavy atom. The van der Waals surface area contributed by atoms with E-state index in [9.17, 15) is 19.7 Å². The van der Waals surface area contributed by atoms with Crippen molar-refractivity contribution in [2.24, 2.45) is 5.73 Å². The molecule has 0 atom stereocenters. The lowest BCUT2D eigenvalue weighted by molar-refractivity contribution is -0.385. The summed E-state index contributed by atoms with van der Waals surface area (Å²) in [5.74, 6) is 0.735. The van der Waals surface area contributed by atoms with E-state index in [0.717, 1.165) is 11.8 Å². The van der Waals surface area contributed by atoms with Crippen molar-refractivity contribution in [3.63, 3.8) is 0 Å². The number of nitro groups is 1. The SMILES string of the molecule is NCCCC(=O)CCCOc1cc2c([N+](=O)[O-])cc1OCCOCCOCCOCCOCCCC(=O)SC2. The van der Waals surface area contributed by atoms with E-state index in [4.69, 9.17) is 34.2 Å². The molecule has 0 saturated carbocycles. The zero-order valence-electron chi connectivity index (χ0n) is 22.4. The minimum Gasteiger partial charge on any atom is -0.490 e. The minimum absolute atomic E-state index is 0.0874. The number of Topliss-reactive ketones (excluding diaryl/α,β-unsaturated/α-hetero) is 1. The van der Waals surface area contributed by atoms with Gasteiger partial charge in [-0.25, -0.2) is 0 Å². The van der Waals surface area contributed by atoms with E-state index in [2.05, 4.69) is 0 Å². The van der Waals surface area contributed by atoms with Crippen LogP contribution in [0.15, 0.2) is 12.1 Å². The maximum absolute atomic E-state index is 12.4. The molecule has 0 radical (unpaired) electrons. The summed E-state index contributed by atoms with van der Waals surface area (Å²) < 4.78 is 33.5. The van der Waals surface area contributed by atoms with E-state index in [-0.39, 0.29) is 54.3 Å². The van der Waals surface area contributed by atoms with Crippen LogP contribution < -0.4 is 15.2 Å². The number of ketones is 1. The van der Waals surface area contributed by atoms with Gasteiger partial charge in [0.25, 0.3) is 5.69 Å². The molecule has 3 rings (SSSR count). The van der Waals surface area contributed by atoms with Gasteiger partial charge in [0.15, 0.2) is 16.6 Å². The first-order chi connectivity index (χ1) is 19.0. The summed E-state index contributed by atoms with van der Waals surface area (Å²) in [6.45, 7) is 3.99. The van der Waals surface area contributed by atoms with Crippen molar-refractivity contribution < 1.29 is 42.9 Å². The molecule has 1 aromatic carbocycles. The quantitative estimate of drug-likeness (QED) is 0.200. The van der Waals surface area contributed by atoms with Crippen molar-refractivity contribution in [1.82, 2.24) is 0 Å². The summed E-state index contributed by atoms with van der Waals surface area (Å²) >= 11 is 1.01. The standard InChI is InChI=1S/C26H40N2O10S/c27-7-1-4-22(29)5-2-9-37-24-18-21-20-39-26(30)6-3-8-33-10-11-34-12-13-35-14-15-36-16-17-38-25(24)19-23(21)28(31)32/h18-19H,1-17,20,27H2. The first kappa shape index (κ1) is 32.9. The summed E-state index contributed by atoms with van der Waals surface area (Å²) in [7, 11) is 0. The van der Waals surface area contributed by atoms with Gasteiger partial charge in [-0.1, -0.05) is 11.8 Å². The number of ether oxygens (including phenoxy) is 6. The summed E-state index contributed by atoms with van der Waals surface area (Å²) in [5, 5.41) is 11.7. The smallest absolute Gasteiger partial charge is 0.277 e. The molecule has 2 N–H and O–H groups in total. The van der Waals surface area contributed by atoms with E-state index < -0.39 is 4.92 Å². The third-order valence-electron chi connectivity index (χ3n) is 5.52. The number of nitrogens with two attached hydrogens (primary N) is 1. The second-order valence-electron chi connectivity index (χ2n) is 8.63. The highest BCUT2D eigenvalue weighted by Gasteiger charge is 2.21. The van der Waals surface area contributed by atoms with Gasteiger partial charge in [-0.2, -0.15) is 0 Å². The monoisotopic (exact) mass is 572 g/mol. The van der Waals surface area contributed by atoms with Crippen LogP contribution in [0, 0.1) is 10.1 Å².